The minimum absolute atomic E-state index is 0.0112. The van der Waals surface area contributed by atoms with Gasteiger partial charge in [0.2, 0.25) is 0 Å². The first-order valence-corrected chi connectivity index (χ1v) is 13.2. The van der Waals surface area contributed by atoms with E-state index in [0.717, 1.165) is 24.2 Å². The van der Waals surface area contributed by atoms with E-state index in [1.54, 1.807) is 13.0 Å². The van der Waals surface area contributed by atoms with E-state index in [9.17, 15) is 22.8 Å². The standard InChI is InChI=1S/C25H29F3N6O4S/c1-3-30-24(36)33-20-9-17(18(12-32-20)14-8-15(11-29-10-14)23(35)37-2)22-34-21(25(26,27)28)19(39-22)13-31-16-4-6-38-7-5-16/h8,10-11,16,31H,3-7,9,12-13H2,1-2H3,(H2,30,32,33,36). The monoisotopic (exact) mass is 566 g/mol. The molecule has 2 aliphatic heterocycles. The third kappa shape index (κ3) is 7.19. The number of alkyl halides is 3. The lowest BCUT2D eigenvalue weighted by Gasteiger charge is -2.23. The number of thiazole rings is 1. The molecule has 1 saturated heterocycles. The number of pyridine rings is 1. The van der Waals surface area contributed by atoms with Gasteiger partial charge >= 0.3 is 18.2 Å². The second-order valence-corrected chi connectivity index (χ2v) is 9.97. The van der Waals surface area contributed by atoms with Crippen molar-refractivity contribution in [3.05, 3.63) is 45.2 Å². The normalized spacial score (nSPS) is 16.6. The summed E-state index contributed by atoms with van der Waals surface area (Å²) in [6.45, 7) is 3.33. The fraction of sp³-hybridized carbons (Fsp3) is 0.480. The first kappa shape index (κ1) is 28.6. The van der Waals surface area contributed by atoms with Crippen molar-refractivity contribution < 1.29 is 32.2 Å². The number of esters is 1. The van der Waals surface area contributed by atoms with E-state index in [2.05, 4.69) is 30.9 Å². The highest BCUT2D eigenvalue weighted by Gasteiger charge is 2.38. The average Bonchev–Trinajstić information content (AvgIpc) is 3.37. The Balaban J connectivity index is 1.73. The SMILES string of the molecule is CCNC(=O)NC1=NCC(c2cncc(C(=O)OC)c2)=C(c2nc(C(F)(F)F)c(CNC3CCOCC3)s2)C1. The van der Waals surface area contributed by atoms with Crippen molar-refractivity contribution >= 4 is 40.3 Å². The molecule has 0 aromatic carbocycles. The molecule has 0 bridgehead atoms. The van der Waals surface area contributed by atoms with Crippen LogP contribution in [-0.2, 0) is 22.2 Å². The average molecular weight is 567 g/mol. The summed E-state index contributed by atoms with van der Waals surface area (Å²) in [5.41, 5.74) is 0.763. The van der Waals surface area contributed by atoms with Gasteiger partial charge in [-0.1, -0.05) is 0 Å². The third-order valence-corrected chi connectivity index (χ3v) is 7.35. The predicted molar refractivity (Wildman–Crippen MR) is 139 cm³/mol. The van der Waals surface area contributed by atoms with Crippen molar-refractivity contribution in [2.45, 2.75) is 44.9 Å². The molecule has 4 heterocycles. The number of nitrogens with one attached hydrogen (secondary N) is 3. The molecule has 210 valence electrons. The summed E-state index contributed by atoms with van der Waals surface area (Å²) in [6, 6.07) is 1.14. The van der Waals surface area contributed by atoms with E-state index in [-0.39, 0.29) is 41.0 Å². The van der Waals surface area contributed by atoms with Crippen molar-refractivity contribution in [2.75, 3.05) is 33.4 Å². The van der Waals surface area contributed by atoms with Crippen LogP contribution in [0, 0.1) is 0 Å². The number of amidine groups is 1. The van der Waals surface area contributed by atoms with Crippen LogP contribution in [0.2, 0.25) is 0 Å². The van der Waals surface area contributed by atoms with Gasteiger partial charge in [-0.05, 0) is 37.0 Å². The fourth-order valence-electron chi connectivity index (χ4n) is 4.28. The molecule has 2 aromatic heterocycles. The lowest BCUT2D eigenvalue weighted by Crippen LogP contribution is -2.40. The van der Waals surface area contributed by atoms with E-state index < -0.39 is 23.9 Å². The topological polar surface area (TPSA) is 127 Å². The number of aliphatic imine (C=N–C) groups is 1. The zero-order chi connectivity index (χ0) is 28.0. The Bertz CT molecular complexity index is 1270. The number of aromatic nitrogens is 2. The summed E-state index contributed by atoms with van der Waals surface area (Å²) < 4.78 is 52.3. The number of carbonyl (C=O) groups is 2. The lowest BCUT2D eigenvalue weighted by molar-refractivity contribution is -0.141. The first-order chi connectivity index (χ1) is 18.7. The van der Waals surface area contributed by atoms with Gasteiger partial charge in [0.05, 0.1) is 24.1 Å². The lowest BCUT2D eigenvalue weighted by atomic mass is 9.95. The minimum Gasteiger partial charge on any atom is -0.465 e. The molecule has 0 spiro atoms. The summed E-state index contributed by atoms with van der Waals surface area (Å²) in [7, 11) is 1.24. The molecule has 0 unspecified atom stereocenters. The zero-order valence-corrected chi connectivity index (χ0v) is 22.3. The Morgan fingerprint density at radius 1 is 1.21 bits per heavy atom. The molecule has 2 aromatic rings. The molecule has 0 saturated carbocycles. The van der Waals surface area contributed by atoms with Gasteiger partial charge in [0.25, 0.3) is 0 Å². The first-order valence-electron chi connectivity index (χ1n) is 12.4. The Kier molecular flexibility index (Phi) is 9.30. The molecule has 4 rings (SSSR count). The number of dihydropyridines is 1. The van der Waals surface area contributed by atoms with Gasteiger partial charge in [0, 0.05) is 56.7 Å². The number of hydrogen-bond donors (Lipinski definition) is 3. The molecule has 39 heavy (non-hydrogen) atoms. The molecular weight excluding hydrogens is 537 g/mol. The van der Waals surface area contributed by atoms with Crippen molar-refractivity contribution in [2.24, 2.45) is 4.99 Å². The highest BCUT2D eigenvalue weighted by atomic mass is 32.1. The van der Waals surface area contributed by atoms with Crippen LogP contribution >= 0.6 is 11.3 Å². The maximum absolute atomic E-state index is 14.1. The molecule has 3 N–H and O–H groups in total. The Hall–Kier alpha value is -3.36. The number of amides is 2. The van der Waals surface area contributed by atoms with E-state index in [1.807, 2.05) is 0 Å². The van der Waals surface area contributed by atoms with Crippen LogP contribution in [0.4, 0.5) is 18.0 Å². The van der Waals surface area contributed by atoms with Crippen LogP contribution < -0.4 is 16.0 Å². The molecular formula is C25H29F3N6O4S. The smallest absolute Gasteiger partial charge is 0.434 e. The molecule has 1 fully saturated rings. The van der Waals surface area contributed by atoms with Crippen molar-refractivity contribution in [1.82, 2.24) is 25.9 Å². The summed E-state index contributed by atoms with van der Waals surface area (Å²) >= 11 is 0.948. The number of hydrogen-bond acceptors (Lipinski definition) is 9. The molecule has 0 radical (unpaired) electrons. The molecule has 2 amide bonds. The number of methoxy groups -OCH3 is 1. The number of halogens is 3. The van der Waals surface area contributed by atoms with Crippen LogP contribution in [0.1, 0.15) is 57.7 Å². The highest BCUT2D eigenvalue weighted by molar-refractivity contribution is 7.13. The summed E-state index contributed by atoms with van der Waals surface area (Å²) in [5.74, 6) is -0.304. The molecule has 10 nitrogen and oxygen atoms in total. The summed E-state index contributed by atoms with van der Waals surface area (Å²) in [4.78, 5) is 36.9. The van der Waals surface area contributed by atoms with E-state index in [4.69, 9.17) is 9.47 Å². The van der Waals surface area contributed by atoms with Gasteiger partial charge in [-0.15, -0.1) is 11.3 Å². The Morgan fingerprint density at radius 3 is 2.67 bits per heavy atom. The maximum atomic E-state index is 14.1. The number of urea groups is 1. The Labute approximate surface area is 227 Å². The second kappa shape index (κ2) is 12.7. The van der Waals surface area contributed by atoms with E-state index in [0.29, 0.717) is 42.3 Å². The molecule has 0 aliphatic carbocycles. The second-order valence-electron chi connectivity index (χ2n) is 8.89. The quantitative estimate of drug-likeness (QED) is 0.437. The predicted octanol–water partition coefficient (Wildman–Crippen LogP) is 3.64. The molecule has 0 atom stereocenters. The van der Waals surface area contributed by atoms with Crippen LogP contribution in [0.5, 0.6) is 0 Å². The largest absolute Gasteiger partial charge is 0.465 e. The summed E-state index contributed by atoms with van der Waals surface area (Å²) in [6.07, 6.45) is -0.333. The molecule has 14 heteroatoms. The highest BCUT2D eigenvalue weighted by Crippen LogP contribution is 2.40. The number of rotatable bonds is 7. The van der Waals surface area contributed by atoms with Gasteiger partial charge < -0.3 is 20.1 Å². The van der Waals surface area contributed by atoms with Crippen LogP contribution in [-0.4, -0.2) is 67.3 Å². The summed E-state index contributed by atoms with van der Waals surface area (Å²) in [5, 5.41) is 8.64. The van der Waals surface area contributed by atoms with Crippen molar-refractivity contribution in [3.8, 4) is 0 Å². The Morgan fingerprint density at radius 2 is 1.97 bits per heavy atom. The van der Waals surface area contributed by atoms with E-state index in [1.165, 1.54) is 19.5 Å². The van der Waals surface area contributed by atoms with Crippen molar-refractivity contribution in [1.29, 1.82) is 0 Å². The van der Waals surface area contributed by atoms with Gasteiger partial charge in [0.15, 0.2) is 5.69 Å². The number of carbonyl (C=O) groups excluding carboxylic acids is 2. The maximum Gasteiger partial charge on any atom is 0.434 e. The van der Waals surface area contributed by atoms with Gasteiger partial charge in [-0.3, -0.25) is 15.3 Å². The van der Waals surface area contributed by atoms with Gasteiger partial charge in [-0.25, -0.2) is 14.6 Å². The fourth-order valence-corrected chi connectivity index (χ4v) is 5.39. The van der Waals surface area contributed by atoms with Gasteiger partial charge in [-0.2, -0.15) is 13.2 Å². The number of ether oxygens (including phenoxy) is 2. The van der Waals surface area contributed by atoms with E-state index >= 15 is 0 Å². The number of nitrogens with zero attached hydrogens (tertiary/aromatic N) is 3. The van der Waals surface area contributed by atoms with Crippen LogP contribution in [0.3, 0.4) is 0 Å². The van der Waals surface area contributed by atoms with Crippen LogP contribution in [0.15, 0.2) is 23.5 Å². The van der Waals surface area contributed by atoms with Crippen LogP contribution in [0.25, 0.3) is 11.1 Å². The molecule has 2 aliphatic rings. The minimum atomic E-state index is -4.65. The van der Waals surface area contributed by atoms with Crippen molar-refractivity contribution in [3.63, 3.8) is 0 Å². The van der Waals surface area contributed by atoms with Gasteiger partial charge in [0.1, 0.15) is 10.8 Å². The zero-order valence-electron chi connectivity index (χ0n) is 21.5. The third-order valence-electron chi connectivity index (χ3n) is 6.24.